The van der Waals surface area contributed by atoms with Crippen molar-refractivity contribution < 1.29 is 52.0 Å². The fourth-order valence-corrected chi connectivity index (χ4v) is 62.5. The van der Waals surface area contributed by atoms with E-state index in [1.54, 1.807) is 0 Å². The van der Waals surface area contributed by atoms with Crippen LogP contribution in [0.1, 0.15) is 64.2 Å². The zero-order valence-electron chi connectivity index (χ0n) is 24.7. The minimum absolute atomic E-state index is 0. The standard InChI is InChI=1S/2C6H19PSi2.2C5H10.2CO.Ni.Zr/c2*1-8(2,3)7-9(4,5)6;2*1-2-4-5-3-1;2*1-2;;/h2*7H,1-6H3;2*1-5H2;;;;/q;;;;;;;+2. The van der Waals surface area contributed by atoms with Crippen molar-refractivity contribution in [3.05, 3.63) is 13.3 Å². The summed E-state index contributed by atoms with van der Waals surface area (Å²) in [5, 5.41) is 0. The first-order valence-corrected chi connectivity index (χ1v) is 32.4. The van der Waals surface area contributed by atoms with E-state index in [-0.39, 0.29) is 42.7 Å². The van der Waals surface area contributed by atoms with Crippen LogP contribution in [-0.4, -0.2) is 31.0 Å². The minimum atomic E-state index is -0.703. The molecular formula is C24H58NiO2P2Si4Zr+2. The second kappa shape index (κ2) is 28.6. The summed E-state index contributed by atoms with van der Waals surface area (Å²) in [4.78, 5) is 0. The number of hydrogen-bond acceptors (Lipinski definition) is 0. The number of hydrogen-bond donors (Lipinski definition) is 0. The maximum absolute atomic E-state index is 7.50. The molecule has 0 saturated heterocycles. The molecule has 204 valence electrons. The molecule has 34 heavy (non-hydrogen) atoms. The minimum Gasteiger partial charge on any atom is 0 e. The maximum atomic E-state index is 7.50. The van der Waals surface area contributed by atoms with Gasteiger partial charge in [0.25, 0.3) is 0 Å². The Labute approximate surface area is 252 Å². The third-order valence-corrected chi connectivity index (χ3v) is 43.0. The topological polar surface area (TPSA) is 39.8 Å². The molecule has 0 aromatic rings. The Morgan fingerprint density at radius 3 is 0.500 bits per heavy atom. The van der Waals surface area contributed by atoms with Crippen molar-refractivity contribution in [3.63, 3.8) is 0 Å². The predicted molar refractivity (Wildman–Crippen MR) is 164 cm³/mol. The molecule has 0 spiro atoms. The van der Waals surface area contributed by atoms with Crippen LogP contribution in [0.5, 0.6) is 0 Å². The molecule has 0 aromatic heterocycles. The van der Waals surface area contributed by atoms with Crippen LogP contribution in [0, 0.1) is 13.3 Å². The van der Waals surface area contributed by atoms with Crippen molar-refractivity contribution in [1.29, 1.82) is 0 Å². The summed E-state index contributed by atoms with van der Waals surface area (Å²) in [5.74, 6) is 0. The van der Waals surface area contributed by atoms with Crippen molar-refractivity contribution in [2.45, 2.75) is 143 Å². The molecule has 0 unspecified atom stereocenters. The van der Waals surface area contributed by atoms with Crippen LogP contribution in [0.25, 0.3) is 0 Å². The van der Waals surface area contributed by atoms with E-state index in [0.29, 0.717) is 0 Å². The molecule has 2 aliphatic rings. The summed E-state index contributed by atoms with van der Waals surface area (Å²) in [7, 11) is -0.155. The van der Waals surface area contributed by atoms with E-state index in [1.165, 1.54) is 79.6 Å². The second-order valence-corrected chi connectivity index (χ2v) is 55.3. The first-order chi connectivity index (χ1) is 14.4. The van der Waals surface area contributed by atoms with E-state index in [9.17, 15) is 0 Å². The maximum Gasteiger partial charge on any atom is 2.00 e. The summed E-state index contributed by atoms with van der Waals surface area (Å²) in [5.41, 5.74) is 0. The van der Waals surface area contributed by atoms with Crippen LogP contribution in [-0.2, 0) is 52.0 Å². The van der Waals surface area contributed by atoms with Gasteiger partial charge in [0.1, 0.15) is 0 Å². The van der Waals surface area contributed by atoms with Gasteiger partial charge in [-0.2, -0.15) is 0 Å². The first-order valence-electron chi connectivity index (χ1n) is 12.4. The van der Waals surface area contributed by atoms with Gasteiger partial charge >= 0.3 is 48.8 Å². The van der Waals surface area contributed by atoms with Crippen molar-refractivity contribution >= 4 is 46.3 Å². The van der Waals surface area contributed by atoms with Crippen LogP contribution in [0.3, 0.4) is 0 Å². The average molecular weight is 703 g/mol. The third kappa shape index (κ3) is 64.5. The average Bonchev–Trinajstić information content (AvgIpc) is 3.31. The summed E-state index contributed by atoms with van der Waals surface area (Å²) >= 11 is 0. The van der Waals surface area contributed by atoms with E-state index in [0.717, 1.165) is 0 Å². The molecule has 2 nitrogen and oxygen atoms in total. The molecule has 2 aliphatic carbocycles. The van der Waals surface area contributed by atoms with Crippen LogP contribution < -0.4 is 0 Å². The zero-order chi connectivity index (χ0) is 26.5. The van der Waals surface area contributed by atoms with E-state index in [4.69, 9.17) is 9.30 Å². The third-order valence-electron chi connectivity index (χ3n) is 4.00. The second-order valence-electron chi connectivity index (χ2n) is 12.8. The van der Waals surface area contributed by atoms with E-state index in [1.807, 2.05) is 0 Å². The molecule has 2 saturated carbocycles. The first kappa shape index (κ1) is 49.5. The van der Waals surface area contributed by atoms with Gasteiger partial charge < -0.3 is 0 Å². The Balaban J connectivity index is -0.0000000733. The van der Waals surface area contributed by atoms with Crippen LogP contribution in [0.4, 0.5) is 0 Å². The molecule has 0 N–H and O–H groups in total. The van der Waals surface area contributed by atoms with Gasteiger partial charge in [0.05, 0.1) is 31.0 Å². The van der Waals surface area contributed by atoms with E-state index >= 15 is 0 Å². The summed E-state index contributed by atoms with van der Waals surface area (Å²) < 4.78 is 15.0. The Hall–Kier alpha value is 2.58. The Morgan fingerprint density at radius 1 is 0.382 bits per heavy atom. The zero-order valence-corrected chi connectivity index (χ0v) is 34.1. The predicted octanol–water partition coefficient (Wildman–Crippen LogP) is 10.5. The Morgan fingerprint density at radius 2 is 0.471 bits per heavy atom. The summed E-state index contributed by atoms with van der Waals surface area (Å²) in [6.45, 7) is 38.7. The monoisotopic (exact) mass is 700 g/mol. The molecule has 0 aliphatic heterocycles. The van der Waals surface area contributed by atoms with Crippen molar-refractivity contribution in [1.82, 2.24) is 0 Å². The van der Waals surface area contributed by atoms with Gasteiger partial charge in [-0.15, -0.1) is 15.4 Å². The van der Waals surface area contributed by atoms with Gasteiger partial charge in [0.15, 0.2) is 0 Å². The van der Waals surface area contributed by atoms with Crippen LogP contribution in [0.15, 0.2) is 0 Å². The molecule has 0 bridgehead atoms. The SMILES string of the molecule is C1CCCC1.C1CCCC1.C[Si](C)(C)P[Si](C)(C)C.C[Si](C)(C)P[Si](C)(C)C.[C-]#[O+].[C-]#[O+].[Ni].[Zr+2]. The quantitative estimate of drug-likeness (QED) is 0.121. The van der Waals surface area contributed by atoms with Gasteiger partial charge in [-0.3, -0.25) is 0 Å². The summed E-state index contributed by atoms with van der Waals surface area (Å²) in [6.07, 6.45) is 15.0. The molecule has 0 amide bonds. The largest absolute Gasteiger partial charge is 2.00 e. The van der Waals surface area contributed by atoms with Crippen molar-refractivity contribution in [3.8, 4) is 0 Å². The fraction of sp³-hybridized carbons (Fsp3) is 0.917. The molecule has 0 radical (unpaired) electrons. The summed E-state index contributed by atoms with van der Waals surface area (Å²) in [6, 6.07) is 0. The fourth-order valence-electron chi connectivity index (χ4n) is 4.02. The Bertz CT molecular complexity index is 367. The van der Waals surface area contributed by atoms with Gasteiger partial charge in [0, 0.05) is 16.5 Å². The van der Waals surface area contributed by atoms with Gasteiger partial charge in [-0.1, -0.05) is 143 Å². The van der Waals surface area contributed by atoms with E-state index in [2.05, 4.69) is 91.9 Å². The molecule has 0 atom stereocenters. The van der Waals surface area contributed by atoms with E-state index < -0.39 is 31.0 Å². The molecular weight excluding hydrogens is 644 g/mol. The van der Waals surface area contributed by atoms with Crippen molar-refractivity contribution in [2.24, 2.45) is 0 Å². The number of rotatable bonds is 4. The van der Waals surface area contributed by atoms with Crippen LogP contribution in [0.2, 0.25) is 78.6 Å². The molecule has 2 rings (SSSR count). The molecule has 2 fully saturated rings. The van der Waals surface area contributed by atoms with Crippen molar-refractivity contribution in [2.75, 3.05) is 0 Å². The molecule has 0 heterocycles. The van der Waals surface area contributed by atoms with Gasteiger partial charge in [-0.25, -0.2) is 0 Å². The molecule has 10 heteroatoms. The van der Waals surface area contributed by atoms with Gasteiger partial charge in [-0.05, 0) is 0 Å². The van der Waals surface area contributed by atoms with Crippen LogP contribution >= 0.6 is 15.4 Å². The normalized spacial score (nSPS) is 14.6. The smallest absolute Gasteiger partial charge is 0 e. The Kier molecular flexibility index (Phi) is 41.6. The molecule has 0 aromatic carbocycles. The van der Waals surface area contributed by atoms with Gasteiger partial charge in [0.2, 0.25) is 0 Å².